The quantitative estimate of drug-likeness (QED) is 0.769. The lowest BCUT2D eigenvalue weighted by Gasteiger charge is -2.11. The number of nitrogens with two attached hydrogens (primary N) is 1. The summed E-state index contributed by atoms with van der Waals surface area (Å²) in [5, 5.41) is 12.2. The van der Waals surface area contributed by atoms with E-state index in [1.807, 2.05) is 6.07 Å². The summed E-state index contributed by atoms with van der Waals surface area (Å²) < 4.78 is 2.15. The van der Waals surface area contributed by atoms with Gasteiger partial charge in [-0.05, 0) is 44.0 Å². The average Bonchev–Trinajstić information content (AvgIpc) is 2.83. The number of fused-ring (bicyclic) bond motifs is 1. The molecule has 1 amide bonds. The highest BCUT2D eigenvalue weighted by molar-refractivity contribution is 6.33. The van der Waals surface area contributed by atoms with Crippen LogP contribution in [-0.4, -0.2) is 27.2 Å². The summed E-state index contributed by atoms with van der Waals surface area (Å²) in [6.07, 6.45) is 5.49. The van der Waals surface area contributed by atoms with Gasteiger partial charge in [0.1, 0.15) is 5.82 Å². The van der Waals surface area contributed by atoms with Gasteiger partial charge in [-0.3, -0.25) is 4.79 Å². The molecule has 0 saturated heterocycles. The maximum atomic E-state index is 11.9. The van der Waals surface area contributed by atoms with Crippen LogP contribution in [0.1, 0.15) is 37.9 Å². The number of benzene rings is 1. The van der Waals surface area contributed by atoms with Crippen LogP contribution < -0.4 is 11.1 Å². The third-order valence-corrected chi connectivity index (χ3v) is 4.54. The first-order chi connectivity index (χ1) is 11.7. The third kappa shape index (κ3) is 5.33. The normalized spacial score (nSPS) is 13.0. The molecule has 26 heavy (non-hydrogen) atoms. The van der Waals surface area contributed by atoms with E-state index >= 15 is 0 Å². The number of aromatic nitrogens is 3. The van der Waals surface area contributed by atoms with Crippen molar-refractivity contribution in [3.63, 3.8) is 0 Å². The molecule has 0 fully saturated rings. The van der Waals surface area contributed by atoms with Crippen molar-refractivity contribution in [1.29, 1.82) is 0 Å². The number of nitrogens with one attached hydrogen (secondary N) is 1. The number of hydrogen-bond donors (Lipinski definition) is 2. The Labute approximate surface area is 170 Å². The first kappa shape index (κ1) is 22.7. The highest BCUT2D eigenvalue weighted by Gasteiger charge is 2.18. The number of nitrogens with zero attached hydrogens (tertiary/aromatic N) is 3. The van der Waals surface area contributed by atoms with E-state index in [2.05, 4.69) is 20.1 Å². The number of hydrogen-bond acceptors (Lipinski definition) is 4. The van der Waals surface area contributed by atoms with E-state index in [4.69, 9.17) is 17.3 Å². The van der Waals surface area contributed by atoms with E-state index in [-0.39, 0.29) is 30.7 Å². The van der Waals surface area contributed by atoms with E-state index in [1.54, 1.807) is 12.1 Å². The van der Waals surface area contributed by atoms with Crippen molar-refractivity contribution in [3.8, 4) is 11.4 Å². The molecule has 1 aliphatic heterocycles. The Morgan fingerprint density at radius 2 is 2.04 bits per heavy atom. The van der Waals surface area contributed by atoms with Crippen LogP contribution in [0.15, 0.2) is 18.2 Å². The first-order valence-electron chi connectivity index (χ1n) is 8.41. The summed E-state index contributed by atoms with van der Waals surface area (Å²) in [6, 6.07) is 5.45. The van der Waals surface area contributed by atoms with E-state index < -0.39 is 0 Å². The van der Waals surface area contributed by atoms with Crippen molar-refractivity contribution in [3.05, 3.63) is 29.0 Å². The van der Waals surface area contributed by atoms with Crippen LogP contribution in [0.2, 0.25) is 5.02 Å². The summed E-state index contributed by atoms with van der Waals surface area (Å²) in [5.41, 5.74) is 6.95. The fourth-order valence-corrected chi connectivity index (χ4v) is 3.15. The fourth-order valence-electron chi connectivity index (χ4n) is 2.94. The second-order valence-electron chi connectivity index (χ2n) is 6.04. The first-order valence-corrected chi connectivity index (χ1v) is 8.79. The Balaban J connectivity index is 0.00000169. The molecular weight excluding hydrogens is 397 g/mol. The largest absolute Gasteiger partial charge is 0.330 e. The molecule has 0 aliphatic carbocycles. The number of anilines is 1. The van der Waals surface area contributed by atoms with E-state index in [0.717, 1.165) is 43.0 Å². The highest BCUT2D eigenvalue weighted by Crippen LogP contribution is 2.31. The molecule has 1 aliphatic rings. The number of rotatable bonds is 5. The van der Waals surface area contributed by atoms with Gasteiger partial charge in [-0.15, -0.1) is 35.0 Å². The van der Waals surface area contributed by atoms with Crippen molar-refractivity contribution < 1.29 is 4.79 Å². The van der Waals surface area contributed by atoms with Crippen molar-refractivity contribution >= 4 is 48.0 Å². The van der Waals surface area contributed by atoms with Crippen LogP contribution in [-0.2, 0) is 17.8 Å². The molecule has 0 unspecified atom stereocenters. The second kappa shape index (κ2) is 10.7. The number of halogens is 3. The maximum Gasteiger partial charge on any atom is 0.224 e. The predicted molar refractivity (Wildman–Crippen MR) is 109 cm³/mol. The third-order valence-electron chi connectivity index (χ3n) is 4.21. The van der Waals surface area contributed by atoms with Gasteiger partial charge >= 0.3 is 0 Å². The van der Waals surface area contributed by atoms with Gasteiger partial charge in [0.05, 0.1) is 5.02 Å². The summed E-state index contributed by atoms with van der Waals surface area (Å²) in [6.45, 7) is 1.41. The standard InChI is InChI=1S/C17H22ClN5O.2ClH/c18-14-8-7-12(20-16(24)6-4-9-19)11-13(14)17-22-21-15-5-2-1-3-10-23(15)17;;/h7-8,11H,1-6,9-10,19H2,(H,20,24);2*1H. The molecule has 2 heterocycles. The average molecular weight is 421 g/mol. The maximum absolute atomic E-state index is 11.9. The van der Waals surface area contributed by atoms with Crippen LogP contribution in [0.3, 0.4) is 0 Å². The lowest BCUT2D eigenvalue weighted by atomic mass is 10.1. The van der Waals surface area contributed by atoms with E-state index in [1.165, 1.54) is 6.42 Å². The minimum Gasteiger partial charge on any atom is -0.330 e. The minimum atomic E-state index is -0.0474. The Morgan fingerprint density at radius 3 is 2.81 bits per heavy atom. The Kier molecular flexibility index (Phi) is 9.36. The molecule has 2 aromatic rings. The van der Waals surface area contributed by atoms with E-state index in [9.17, 15) is 4.79 Å². The molecule has 1 aromatic carbocycles. The van der Waals surface area contributed by atoms with Crippen LogP contribution in [0.5, 0.6) is 0 Å². The van der Waals surface area contributed by atoms with Crippen molar-refractivity contribution in [2.24, 2.45) is 5.73 Å². The molecule has 0 bridgehead atoms. The lowest BCUT2D eigenvalue weighted by molar-refractivity contribution is -0.116. The summed E-state index contributed by atoms with van der Waals surface area (Å²) >= 11 is 6.38. The van der Waals surface area contributed by atoms with Gasteiger partial charge in [-0.1, -0.05) is 18.0 Å². The molecule has 0 spiro atoms. The zero-order valence-corrected chi connectivity index (χ0v) is 16.8. The van der Waals surface area contributed by atoms with Gasteiger partial charge in [0.15, 0.2) is 5.82 Å². The monoisotopic (exact) mass is 419 g/mol. The molecule has 3 rings (SSSR count). The fraction of sp³-hybridized carbons (Fsp3) is 0.471. The number of aryl methyl sites for hydroxylation is 1. The van der Waals surface area contributed by atoms with Gasteiger partial charge in [0, 0.05) is 30.6 Å². The van der Waals surface area contributed by atoms with Crippen molar-refractivity contribution in [2.45, 2.75) is 45.1 Å². The molecular formula is C17H24Cl3N5O. The van der Waals surface area contributed by atoms with Crippen LogP contribution in [0, 0.1) is 0 Å². The van der Waals surface area contributed by atoms with Crippen molar-refractivity contribution in [2.75, 3.05) is 11.9 Å². The molecule has 9 heteroatoms. The summed E-state index contributed by atoms with van der Waals surface area (Å²) in [5.74, 6) is 1.74. The molecule has 6 nitrogen and oxygen atoms in total. The lowest BCUT2D eigenvalue weighted by Crippen LogP contribution is -2.13. The van der Waals surface area contributed by atoms with Gasteiger partial charge in [-0.25, -0.2) is 0 Å². The predicted octanol–water partition coefficient (Wildman–Crippen LogP) is 3.85. The van der Waals surface area contributed by atoms with Crippen LogP contribution in [0.4, 0.5) is 5.69 Å². The smallest absolute Gasteiger partial charge is 0.224 e. The van der Waals surface area contributed by atoms with Gasteiger partial charge < -0.3 is 15.6 Å². The number of carbonyl (C=O) groups is 1. The Hall–Kier alpha value is -1.34. The molecule has 3 N–H and O–H groups in total. The molecule has 0 atom stereocenters. The van der Waals surface area contributed by atoms with Gasteiger partial charge in [0.25, 0.3) is 0 Å². The zero-order valence-electron chi connectivity index (χ0n) is 14.4. The number of amides is 1. The van der Waals surface area contributed by atoms with Gasteiger partial charge in [-0.2, -0.15) is 0 Å². The molecule has 0 saturated carbocycles. The second-order valence-corrected chi connectivity index (χ2v) is 6.44. The topological polar surface area (TPSA) is 85.8 Å². The highest BCUT2D eigenvalue weighted by atomic mass is 35.5. The summed E-state index contributed by atoms with van der Waals surface area (Å²) in [4.78, 5) is 11.9. The Morgan fingerprint density at radius 1 is 1.23 bits per heavy atom. The SMILES string of the molecule is Cl.Cl.NCCCC(=O)Nc1ccc(Cl)c(-c2nnc3n2CCCCC3)c1. The van der Waals surface area contributed by atoms with Crippen molar-refractivity contribution in [1.82, 2.24) is 14.8 Å². The molecule has 144 valence electrons. The van der Waals surface area contributed by atoms with Gasteiger partial charge in [0.2, 0.25) is 5.91 Å². The zero-order chi connectivity index (χ0) is 16.9. The molecule has 1 aromatic heterocycles. The van der Waals surface area contributed by atoms with Crippen LogP contribution >= 0.6 is 36.4 Å². The molecule has 0 radical (unpaired) electrons. The number of carbonyl (C=O) groups excluding carboxylic acids is 1. The van der Waals surface area contributed by atoms with Crippen LogP contribution in [0.25, 0.3) is 11.4 Å². The summed E-state index contributed by atoms with van der Waals surface area (Å²) in [7, 11) is 0. The minimum absolute atomic E-state index is 0. The van der Waals surface area contributed by atoms with E-state index in [0.29, 0.717) is 30.1 Å². The Bertz CT molecular complexity index is 735.